The van der Waals surface area contributed by atoms with Crippen molar-refractivity contribution in [2.75, 3.05) is 12.3 Å². The van der Waals surface area contributed by atoms with Crippen molar-refractivity contribution >= 4 is 23.1 Å². The maximum Gasteiger partial charge on any atom is 0.161 e. The van der Waals surface area contributed by atoms with Crippen LogP contribution in [-0.4, -0.2) is 12.4 Å². The summed E-state index contributed by atoms with van der Waals surface area (Å²) in [5.74, 6) is 0.409. The molecule has 1 aromatic carbocycles. The third-order valence-corrected chi connectivity index (χ3v) is 2.09. The topological polar surface area (TPSA) is 52.3 Å². The largest absolute Gasteiger partial charge is 0.492 e. The van der Waals surface area contributed by atoms with Crippen LogP contribution in [0.15, 0.2) is 12.1 Å². The van der Waals surface area contributed by atoms with Crippen molar-refractivity contribution in [2.24, 2.45) is 0 Å². The average molecular weight is 214 g/mol. The second kappa shape index (κ2) is 4.33. The molecule has 1 rings (SSSR count). The molecule has 0 bridgehead atoms. The molecule has 76 valence electrons. The van der Waals surface area contributed by atoms with Gasteiger partial charge in [-0.15, -0.1) is 0 Å². The molecule has 0 spiro atoms. The van der Waals surface area contributed by atoms with Crippen molar-refractivity contribution in [3.63, 3.8) is 0 Å². The molecule has 0 aliphatic carbocycles. The quantitative estimate of drug-likeness (QED) is 0.620. The lowest BCUT2D eigenvalue weighted by Gasteiger charge is -2.09. The first-order valence-corrected chi connectivity index (χ1v) is 4.66. The predicted molar refractivity (Wildman–Crippen MR) is 57.0 cm³/mol. The zero-order valence-corrected chi connectivity index (χ0v) is 8.89. The monoisotopic (exact) mass is 213 g/mol. The fourth-order valence-corrected chi connectivity index (χ4v) is 1.41. The van der Waals surface area contributed by atoms with E-state index in [2.05, 4.69) is 0 Å². The maximum absolute atomic E-state index is 11.1. The van der Waals surface area contributed by atoms with Crippen LogP contribution >= 0.6 is 11.6 Å². The van der Waals surface area contributed by atoms with Crippen LogP contribution < -0.4 is 10.5 Å². The van der Waals surface area contributed by atoms with Crippen molar-refractivity contribution in [2.45, 2.75) is 13.8 Å². The van der Waals surface area contributed by atoms with Crippen LogP contribution in [0.25, 0.3) is 0 Å². The molecule has 0 fully saturated rings. The van der Waals surface area contributed by atoms with Gasteiger partial charge in [-0.1, -0.05) is 11.6 Å². The minimum absolute atomic E-state index is 0.107. The summed E-state index contributed by atoms with van der Waals surface area (Å²) in [6.45, 7) is 3.81. The van der Waals surface area contributed by atoms with Crippen molar-refractivity contribution in [3.8, 4) is 5.75 Å². The summed E-state index contributed by atoms with van der Waals surface area (Å²) < 4.78 is 5.23. The van der Waals surface area contributed by atoms with Crippen LogP contribution in [-0.2, 0) is 0 Å². The number of carbonyl (C=O) groups excluding carboxylic acids is 1. The molecule has 3 nitrogen and oxygen atoms in total. The minimum Gasteiger partial charge on any atom is -0.492 e. The molecule has 0 radical (unpaired) electrons. The van der Waals surface area contributed by atoms with Crippen LogP contribution in [0.2, 0.25) is 5.02 Å². The van der Waals surface area contributed by atoms with Crippen molar-refractivity contribution in [1.82, 2.24) is 0 Å². The summed E-state index contributed by atoms with van der Waals surface area (Å²) in [4.78, 5) is 11.1. The molecule has 0 saturated heterocycles. The number of Topliss-reactive ketones (excluding diaryl/α,β-unsaturated/α-hetero) is 1. The minimum atomic E-state index is -0.107. The number of ether oxygens (including phenoxy) is 1. The number of ketones is 1. The van der Waals surface area contributed by atoms with E-state index in [0.717, 1.165) is 0 Å². The van der Waals surface area contributed by atoms with Gasteiger partial charge in [-0.2, -0.15) is 0 Å². The highest BCUT2D eigenvalue weighted by Gasteiger charge is 2.10. The van der Waals surface area contributed by atoms with E-state index >= 15 is 0 Å². The molecule has 0 amide bonds. The first-order valence-electron chi connectivity index (χ1n) is 4.29. The molecule has 2 N–H and O–H groups in total. The molecule has 0 aromatic heterocycles. The molecule has 0 heterocycles. The summed E-state index contributed by atoms with van der Waals surface area (Å²) >= 11 is 5.88. The molecular formula is C10H12ClNO2. The Morgan fingerprint density at radius 3 is 2.71 bits per heavy atom. The number of halogens is 1. The molecular weight excluding hydrogens is 202 g/mol. The lowest BCUT2D eigenvalue weighted by Crippen LogP contribution is -2.01. The summed E-state index contributed by atoms with van der Waals surface area (Å²) in [6, 6.07) is 3.10. The summed E-state index contributed by atoms with van der Waals surface area (Å²) in [7, 11) is 0. The number of nitrogen functional groups attached to an aromatic ring is 1. The van der Waals surface area contributed by atoms with Crippen LogP contribution in [0.1, 0.15) is 24.2 Å². The van der Waals surface area contributed by atoms with E-state index in [1.807, 2.05) is 6.92 Å². The highest BCUT2D eigenvalue weighted by atomic mass is 35.5. The van der Waals surface area contributed by atoms with Crippen molar-refractivity contribution < 1.29 is 9.53 Å². The van der Waals surface area contributed by atoms with Gasteiger partial charge < -0.3 is 10.5 Å². The van der Waals surface area contributed by atoms with Crippen molar-refractivity contribution in [3.05, 3.63) is 22.7 Å². The van der Waals surface area contributed by atoms with Gasteiger partial charge in [0.05, 0.1) is 17.3 Å². The molecule has 0 aliphatic heterocycles. The van der Waals surface area contributed by atoms with E-state index in [9.17, 15) is 4.79 Å². The zero-order chi connectivity index (χ0) is 10.7. The van der Waals surface area contributed by atoms with Gasteiger partial charge in [0.1, 0.15) is 5.75 Å². The van der Waals surface area contributed by atoms with Crippen LogP contribution in [0.3, 0.4) is 0 Å². The molecule has 4 heteroatoms. The highest BCUT2D eigenvalue weighted by Crippen LogP contribution is 2.29. The van der Waals surface area contributed by atoms with Crippen LogP contribution in [0.5, 0.6) is 5.75 Å². The normalized spacial score (nSPS) is 9.93. The van der Waals surface area contributed by atoms with E-state index in [1.165, 1.54) is 13.0 Å². The number of benzene rings is 1. The van der Waals surface area contributed by atoms with Gasteiger partial charge in [-0.3, -0.25) is 4.79 Å². The number of anilines is 1. The van der Waals surface area contributed by atoms with E-state index in [-0.39, 0.29) is 5.78 Å². The van der Waals surface area contributed by atoms with Gasteiger partial charge in [0, 0.05) is 11.6 Å². The Morgan fingerprint density at radius 1 is 1.57 bits per heavy atom. The Balaban J connectivity index is 3.17. The average Bonchev–Trinajstić information content (AvgIpc) is 2.10. The molecule has 1 aromatic rings. The second-order valence-corrected chi connectivity index (χ2v) is 3.27. The Hall–Kier alpha value is -1.22. The third-order valence-electron chi connectivity index (χ3n) is 1.78. The van der Waals surface area contributed by atoms with Gasteiger partial charge in [-0.25, -0.2) is 0 Å². The summed E-state index contributed by atoms with van der Waals surface area (Å²) in [5, 5.41) is 0.371. The fraction of sp³-hybridized carbons (Fsp3) is 0.300. The number of rotatable bonds is 3. The van der Waals surface area contributed by atoms with E-state index in [1.54, 1.807) is 6.07 Å². The number of nitrogens with two attached hydrogens (primary N) is 1. The molecule has 0 aliphatic rings. The fourth-order valence-electron chi connectivity index (χ4n) is 1.12. The van der Waals surface area contributed by atoms with E-state index < -0.39 is 0 Å². The van der Waals surface area contributed by atoms with Gasteiger partial charge in [0.15, 0.2) is 5.78 Å². The molecule has 0 unspecified atom stereocenters. The molecule has 14 heavy (non-hydrogen) atoms. The van der Waals surface area contributed by atoms with E-state index in [4.69, 9.17) is 22.1 Å². The Labute approximate surface area is 87.8 Å². The first-order chi connectivity index (χ1) is 6.56. The van der Waals surface area contributed by atoms with Gasteiger partial charge >= 0.3 is 0 Å². The highest BCUT2D eigenvalue weighted by molar-refractivity contribution is 6.34. The van der Waals surface area contributed by atoms with E-state index in [0.29, 0.717) is 28.6 Å². The maximum atomic E-state index is 11.1. The Morgan fingerprint density at radius 2 is 2.21 bits per heavy atom. The summed E-state index contributed by atoms with van der Waals surface area (Å²) in [6.07, 6.45) is 0. The standard InChI is InChI=1S/C10H12ClNO2/c1-3-14-10-5-8(11)7(6(2)13)4-9(10)12/h4-5H,3,12H2,1-2H3. The Kier molecular flexibility index (Phi) is 3.36. The zero-order valence-electron chi connectivity index (χ0n) is 8.13. The Bertz CT molecular complexity index is 363. The third kappa shape index (κ3) is 2.17. The second-order valence-electron chi connectivity index (χ2n) is 2.86. The van der Waals surface area contributed by atoms with Crippen molar-refractivity contribution in [1.29, 1.82) is 0 Å². The predicted octanol–water partition coefficient (Wildman–Crippen LogP) is 2.52. The molecule has 0 saturated carbocycles. The molecule has 0 atom stereocenters. The SMILES string of the molecule is CCOc1cc(Cl)c(C(C)=O)cc1N. The number of hydrogen-bond donors (Lipinski definition) is 1. The summed E-state index contributed by atoms with van der Waals surface area (Å²) in [5.41, 5.74) is 6.53. The lowest BCUT2D eigenvalue weighted by molar-refractivity contribution is 0.101. The van der Waals surface area contributed by atoms with Gasteiger partial charge in [-0.05, 0) is 19.9 Å². The van der Waals surface area contributed by atoms with Crippen LogP contribution in [0.4, 0.5) is 5.69 Å². The number of carbonyl (C=O) groups is 1. The lowest BCUT2D eigenvalue weighted by atomic mass is 10.1. The smallest absolute Gasteiger partial charge is 0.161 e. The first kappa shape index (κ1) is 10.9. The van der Waals surface area contributed by atoms with Gasteiger partial charge in [0.2, 0.25) is 0 Å². The van der Waals surface area contributed by atoms with Gasteiger partial charge in [0.25, 0.3) is 0 Å². The number of hydrogen-bond acceptors (Lipinski definition) is 3. The van der Waals surface area contributed by atoms with Crippen LogP contribution in [0, 0.1) is 0 Å².